The first-order valence-corrected chi connectivity index (χ1v) is 7.80. The summed E-state index contributed by atoms with van der Waals surface area (Å²) in [6.07, 6.45) is 0. The third-order valence-electron chi connectivity index (χ3n) is 3.13. The maximum absolute atomic E-state index is 5.41. The fourth-order valence-corrected chi connectivity index (χ4v) is 2.91. The largest absolute Gasteiger partial charge is 0.454 e. The molecule has 0 unspecified atom stereocenters. The first kappa shape index (κ1) is 13.8. The molecule has 1 heterocycles. The number of hydrogen-bond acceptors (Lipinski definition) is 3. The van der Waals surface area contributed by atoms with Crippen molar-refractivity contribution in [2.75, 3.05) is 12.1 Å². The number of ether oxygens (including phenoxy) is 2. The van der Waals surface area contributed by atoms with Crippen LogP contribution in [0.25, 0.3) is 0 Å². The molecule has 0 saturated heterocycles. The molecular formula is C15H13Br2NO2. The lowest BCUT2D eigenvalue weighted by Crippen LogP contribution is -2.01. The molecule has 0 atom stereocenters. The predicted octanol–water partition coefficient (Wildman–Crippen LogP) is 4.86. The van der Waals surface area contributed by atoms with E-state index in [1.165, 1.54) is 5.56 Å². The number of rotatable bonds is 3. The first-order chi connectivity index (χ1) is 9.63. The van der Waals surface area contributed by atoms with E-state index in [1.807, 2.05) is 18.2 Å². The SMILES string of the molecule is Cc1ccc(Br)c(NCc2cc3c(cc2Br)OCO3)c1. The molecule has 5 heteroatoms. The van der Waals surface area contributed by atoms with Crippen LogP contribution < -0.4 is 14.8 Å². The van der Waals surface area contributed by atoms with Gasteiger partial charge in [0.1, 0.15) is 0 Å². The Morgan fingerprint density at radius 2 is 1.80 bits per heavy atom. The standard InChI is InChI=1S/C15H13Br2NO2/c1-9-2-3-11(16)13(4-9)18-7-10-5-14-15(6-12(10)17)20-8-19-14/h2-6,18H,7-8H2,1H3. The Hall–Kier alpha value is -1.20. The van der Waals surface area contributed by atoms with Crippen LogP contribution in [0.5, 0.6) is 11.5 Å². The Bertz CT molecular complexity index is 659. The van der Waals surface area contributed by atoms with Gasteiger partial charge in [0.2, 0.25) is 6.79 Å². The highest BCUT2D eigenvalue weighted by Crippen LogP contribution is 2.37. The minimum absolute atomic E-state index is 0.294. The van der Waals surface area contributed by atoms with Crippen LogP contribution >= 0.6 is 31.9 Å². The van der Waals surface area contributed by atoms with Crippen LogP contribution in [0.2, 0.25) is 0 Å². The van der Waals surface area contributed by atoms with Crippen LogP contribution in [-0.4, -0.2) is 6.79 Å². The summed E-state index contributed by atoms with van der Waals surface area (Å²) < 4.78 is 12.8. The van der Waals surface area contributed by atoms with Crippen molar-refractivity contribution >= 4 is 37.5 Å². The molecule has 0 fully saturated rings. The van der Waals surface area contributed by atoms with Gasteiger partial charge in [-0.2, -0.15) is 0 Å². The first-order valence-electron chi connectivity index (χ1n) is 6.21. The van der Waals surface area contributed by atoms with Crippen LogP contribution in [0.4, 0.5) is 5.69 Å². The summed E-state index contributed by atoms with van der Waals surface area (Å²) in [6, 6.07) is 10.2. The highest BCUT2D eigenvalue weighted by atomic mass is 79.9. The van der Waals surface area contributed by atoms with E-state index >= 15 is 0 Å². The number of aryl methyl sites for hydroxylation is 1. The van der Waals surface area contributed by atoms with Crippen molar-refractivity contribution in [3.8, 4) is 11.5 Å². The molecule has 0 saturated carbocycles. The van der Waals surface area contributed by atoms with E-state index in [1.54, 1.807) is 0 Å². The molecule has 20 heavy (non-hydrogen) atoms. The lowest BCUT2D eigenvalue weighted by Gasteiger charge is -2.11. The van der Waals surface area contributed by atoms with Crippen molar-refractivity contribution in [3.63, 3.8) is 0 Å². The van der Waals surface area contributed by atoms with Crippen LogP contribution in [0.1, 0.15) is 11.1 Å². The summed E-state index contributed by atoms with van der Waals surface area (Å²) in [7, 11) is 0. The smallest absolute Gasteiger partial charge is 0.231 e. The Kier molecular flexibility index (Phi) is 3.89. The average molecular weight is 399 g/mol. The quantitative estimate of drug-likeness (QED) is 0.800. The van der Waals surface area contributed by atoms with Crippen LogP contribution in [0, 0.1) is 6.92 Å². The van der Waals surface area contributed by atoms with Crippen molar-refractivity contribution < 1.29 is 9.47 Å². The lowest BCUT2D eigenvalue weighted by molar-refractivity contribution is 0.174. The van der Waals surface area contributed by atoms with Gasteiger partial charge < -0.3 is 14.8 Å². The second kappa shape index (κ2) is 5.66. The van der Waals surface area contributed by atoms with Gasteiger partial charge in [-0.25, -0.2) is 0 Å². The zero-order valence-corrected chi connectivity index (χ0v) is 14.0. The maximum atomic E-state index is 5.41. The minimum Gasteiger partial charge on any atom is -0.454 e. The number of halogens is 2. The van der Waals surface area contributed by atoms with Gasteiger partial charge in [0, 0.05) is 21.2 Å². The van der Waals surface area contributed by atoms with Gasteiger partial charge >= 0.3 is 0 Å². The number of anilines is 1. The van der Waals surface area contributed by atoms with Gasteiger partial charge in [-0.3, -0.25) is 0 Å². The summed E-state index contributed by atoms with van der Waals surface area (Å²) in [6.45, 7) is 3.08. The molecule has 2 aromatic carbocycles. The van der Waals surface area contributed by atoms with Crippen molar-refractivity contribution in [2.45, 2.75) is 13.5 Å². The third-order valence-corrected chi connectivity index (χ3v) is 4.56. The van der Waals surface area contributed by atoms with E-state index < -0.39 is 0 Å². The molecule has 0 bridgehead atoms. The van der Waals surface area contributed by atoms with E-state index in [-0.39, 0.29) is 0 Å². The molecule has 3 rings (SSSR count). The van der Waals surface area contributed by atoms with Crippen molar-refractivity contribution in [1.29, 1.82) is 0 Å². The highest BCUT2D eigenvalue weighted by molar-refractivity contribution is 9.11. The van der Waals surface area contributed by atoms with Crippen molar-refractivity contribution in [1.82, 2.24) is 0 Å². The molecule has 1 aliphatic rings. The number of nitrogens with one attached hydrogen (secondary N) is 1. The average Bonchev–Trinajstić information content (AvgIpc) is 2.86. The topological polar surface area (TPSA) is 30.5 Å². The second-order valence-electron chi connectivity index (χ2n) is 4.63. The van der Waals surface area contributed by atoms with Crippen LogP contribution in [0.15, 0.2) is 39.3 Å². The minimum atomic E-state index is 0.294. The molecule has 0 spiro atoms. The van der Waals surface area contributed by atoms with Gasteiger partial charge in [-0.15, -0.1) is 0 Å². The molecule has 0 aromatic heterocycles. The van der Waals surface area contributed by atoms with Gasteiger partial charge in [0.05, 0.1) is 0 Å². The second-order valence-corrected chi connectivity index (χ2v) is 6.34. The van der Waals surface area contributed by atoms with Crippen molar-refractivity contribution in [3.05, 3.63) is 50.4 Å². The molecule has 2 aromatic rings. The van der Waals surface area contributed by atoms with Gasteiger partial charge in [0.25, 0.3) is 0 Å². The number of benzene rings is 2. The predicted molar refractivity (Wildman–Crippen MR) is 86.5 cm³/mol. The van der Waals surface area contributed by atoms with Crippen molar-refractivity contribution in [2.24, 2.45) is 0 Å². The number of hydrogen-bond donors (Lipinski definition) is 1. The van der Waals surface area contributed by atoms with E-state index in [2.05, 4.69) is 56.2 Å². The molecule has 104 valence electrons. The molecular weight excluding hydrogens is 386 g/mol. The van der Waals surface area contributed by atoms with Gasteiger partial charge in [0.15, 0.2) is 11.5 Å². The zero-order valence-electron chi connectivity index (χ0n) is 10.9. The highest BCUT2D eigenvalue weighted by Gasteiger charge is 2.16. The fraction of sp³-hybridized carbons (Fsp3) is 0.200. The monoisotopic (exact) mass is 397 g/mol. The Labute approximate surface area is 134 Å². The number of fused-ring (bicyclic) bond motifs is 1. The van der Waals surface area contributed by atoms with Crippen LogP contribution in [-0.2, 0) is 6.54 Å². The van der Waals surface area contributed by atoms with E-state index in [0.29, 0.717) is 13.3 Å². The van der Waals surface area contributed by atoms with E-state index in [0.717, 1.165) is 31.7 Å². The maximum Gasteiger partial charge on any atom is 0.231 e. The normalized spacial score (nSPS) is 12.6. The third kappa shape index (κ3) is 2.79. The summed E-state index contributed by atoms with van der Waals surface area (Å²) >= 11 is 7.12. The zero-order chi connectivity index (χ0) is 14.1. The Balaban J connectivity index is 1.80. The molecule has 1 aliphatic heterocycles. The Morgan fingerprint density at radius 1 is 1.05 bits per heavy atom. The molecule has 3 nitrogen and oxygen atoms in total. The molecule has 0 amide bonds. The van der Waals surface area contributed by atoms with Crippen LogP contribution in [0.3, 0.4) is 0 Å². The lowest BCUT2D eigenvalue weighted by atomic mass is 10.2. The Morgan fingerprint density at radius 3 is 2.60 bits per heavy atom. The summed E-state index contributed by atoms with van der Waals surface area (Å²) in [5.41, 5.74) is 3.43. The fourth-order valence-electron chi connectivity index (χ4n) is 2.06. The summed E-state index contributed by atoms with van der Waals surface area (Å²) in [5, 5.41) is 3.43. The van der Waals surface area contributed by atoms with E-state index in [4.69, 9.17) is 9.47 Å². The molecule has 0 aliphatic carbocycles. The summed E-state index contributed by atoms with van der Waals surface area (Å²) in [5.74, 6) is 1.59. The van der Waals surface area contributed by atoms with Gasteiger partial charge in [-0.1, -0.05) is 22.0 Å². The van der Waals surface area contributed by atoms with E-state index in [9.17, 15) is 0 Å². The summed E-state index contributed by atoms with van der Waals surface area (Å²) in [4.78, 5) is 0. The molecule has 0 radical (unpaired) electrons. The molecule has 1 N–H and O–H groups in total. The van der Waals surface area contributed by atoms with Gasteiger partial charge in [-0.05, 0) is 58.2 Å².